The Hall–Kier alpha value is -3.10. The first-order valence-corrected chi connectivity index (χ1v) is 14.4. The molecule has 4 rings (SSSR count). The maximum absolute atomic E-state index is 13.0. The minimum atomic E-state index is -3.97. The van der Waals surface area contributed by atoms with Crippen LogP contribution < -0.4 is 10.0 Å². The van der Waals surface area contributed by atoms with Gasteiger partial charge in [0.15, 0.2) is 0 Å². The van der Waals surface area contributed by atoms with Gasteiger partial charge in [-0.1, -0.05) is 11.6 Å². The van der Waals surface area contributed by atoms with Crippen molar-refractivity contribution >= 4 is 49.2 Å². The summed E-state index contributed by atoms with van der Waals surface area (Å²) in [5.41, 5.74) is 1.47. The van der Waals surface area contributed by atoms with Crippen LogP contribution in [-0.2, 0) is 24.8 Å². The van der Waals surface area contributed by atoms with Gasteiger partial charge in [0.05, 0.1) is 33.6 Å². The number of sulfonamides is 2. The minimum absolute atomic E-state index is 0.0404. The van der Waals surface area contributed by atoms with Gasteiger partial charge in [-0.05, 0) is 62.4 Å². The fourth-order valence-corrected chi connectivity index (χ4v) is 6.22. The molecule has 0 bridgehead atoms. The third kappa shape index (κ3) is 6.25. The number of ether oxygens (including phenoxy) is 1. The number of amides is 1. The molecular formula is C23H24ClN5O6S2. The first-order chi connectivity index (χ1) is 17.5. The highest BCUT2D eigenvalue weighted by Gasteiger charge is 2.27. The molecule has 2 aromatic carbocycles. The quantitative estimate of drug-likeness (QED) is 0.444. The summed E-state index contributed by atoms with van der Waals surface area (Å²) in [5, 5.41) is 2.67. The topological polar surface area (TPSA) is 148 Å². The van der Waals surface area contributed by atoms with E-state index in [0.29, 0.717) is 24.6 Å². The predicted molar refractivity (Wildman–Crippen MR) is 138 cm³/mol. The summed E-state index contributed by atoms with van der Waals surface area (Å²) in [7, 11) is -7.80. The monoisotopic (exact) mass is 565 g/mol. The number of morpholine rings is 1. The SMILES string of the molecule is Cc1cc(C)nc(NS(=O)(=O)c2ccc(NC(=O)c3cc(S(=O)(=O)N4CCOCC4)ccc3Cl)cc2)n1. The van der Waals surface area contributed by atoms with E-state index in [1.54, 1.807) is 19.9 Å². The van der Waals surface area contributed by atoms with Gasteiger partial charge in [-0.2, -0.15) is 4.31 Å². The van der Waals surface area contributed by atoms with Crippen LogP contribution in [0, 0.1) is 13.8 Å². The van der Waals surface area contributed by atoms with Crippen LogP contribution in [0.5, 0.6) is 0 Å². The Morgan fingerprint density at radius 2 is 1.51 bits per heavy atom. The van der Waals surface area contributed by atoms with E-state index in [1.807, 2.05) is 0 Å². The normalized spacial score (nSPS) is 14.8. The zero-order chi connectivity index (χ0) is 26.8. The molecule has 1 aliphatic rings. The van der Waals surface area contributed by atoms with Gasteiger partial charge in [0.1, 0.15) is 0 Å². The lowest BCUT2D eigenvalue weighted by molar-refractivity contribution is 0.0730. The van der Waals surface area contributed by atoms with Gasteiger partial charge in [-0.3, -0.25) is 4.79 Å². The summed E-state index contributed by atoms with van der Waals surface area (Å²) < 4.78 is 60.2. The van der Waals surface area contributed by atoms with Crippen LogP contribution in [-0.4, -0.2) is 63.3 Å². The van der Waals surface area contributed by atoms with E-state index in [9.17, 15) is 21.6 Å². The van der Waals surface area contributed by atoms with Crippen molar-refractivity contribution in [3.05, 3.63) is 70.5 Å². The van der Waals surface area contributed by atoms with Gasteiger partial charge in [0, 0.05) is 30.2 Å². The standard InChI is InChI=1S/C23H24ClN5O6S2/c1-15-13-16(2)26-23(25-15)28-36(31,32)18-5-3-17(4-6-18)27-22(30)20-14-19(7-8-21(20)24)37(33,34)29-9-11-35-12-10-29/h3-8,13-14H,9-12H2,1-2H3,(H,27,30)(H,25,26,28). The molecule has 2 N–H and O–H groups in total. The number of nitrogens with zero attached hydrogens (tertiary/aromatic N) is 3. The minimum Gasteiger partial charge on any atom is -0.379 e. The molecule has 1 saturated heterocycles. The fraction of sp³-hybridized carbons (Fsp3) is 0.261. The number of carbonyl (C=O) groups is 1. The summed E-state index contributed by atoms with van der Waals surface area (Å²) in [5.74, 6) is -0.696. The molecule has 0 atom stereocenters. The molecule has 196 valence electrons. The lowest BCUT2D eigenvalue weighted by Gasteiger charge is -2.26. The third-order valence-electron chi connectivity index (χ3n) is 5.42. The van der Waals surface area contributed by atoms with Crippen LogP contribution in [0.15, 0.2) is 58.3 Å². The molecule has 0 radical (unpaired) electrons. The highest BCUT2D eigenvalue weighted by atomic mass is 35.5. The Morgan fingerprint density at radius 3 is 2.14 bits per heavy atom. The average Bonchev–Trinajstić information content (AvgIpc) is 2.84. The number of carbonyl (C=O) groups excluding carboxylic acids is 1. The van der Waals surface area contributed by atoms with Gasteiger partial charge in [-0.25, -0.2) is 31.5 Å². The molecule has 1 aliphatic heterocycles. The highest BCUT2D eigenvalue weighted by molar-refractivity contribution is 7.92. The van der Waals surface area contributed by atoms with E-state index in [4.69, 9.17) is 16.3 Å². The Balaban J connectivity index is 1.50. The molecule has 37 heavy (non-hydrogen) atoms. The Labute approximate surface area is 219 Å². The van der Waals surface area contributed by atoms with Gasteiger partial charge in [0.2, 0.25) is 16.0 Å². The van der Waals surface area contributed by atoms with Gasteiger partial charge in [0.25, 0.3) is 15.9 Å². The molecule has 1 fully saturated rings. The number of benzene rings is 2. The average molecular weight is 566 g/mol. The molecule has 0 aliphatic carbocycles. The van der Waals surface area contributed by atoms with Crippen LogP contribution in [0.25, 0.3) is 0 Å². The zero-order valence-corrected chi connectivity index (χ0v) is 22.3. The second kappa shape index (κ2) is 10.7. The molecule has 0 unspecified atom stereocenters. The van der Waals surface area contributed by atoms with Crippen LogP contribution in [0.4, 0.5) is 11.6 Å². The molecule has 0 spiro atoms. The number of anilines is 2. The number of aryl methyl sites for hydroxylation is 2. The number of hydrogen-bond donors (Lipinski definition) is 2. The fourth-order valence-electron chi connectivity index (χ4n) is 3.64. The molecule has 1 aromatic heterocycles. The van der Waals surface area contributed by atoms with Crippen molar-refractivity contribution in [2.75, 3.05) is 36.3 Å². The highest BCUT2D eigenvalue weighted by Crippen LogP contribution is 2.25. The number of rotatable bonds is 7. The molecule has 1 amide bonds. The zero-order valence-electron chi connectivity index (χ0n) is 19.9. The largest absolute Gasteiger partial charge is 0.379 e. The van der Waals surface area contributed by atoms with Crippen molar-refractivity contribution in [2.45, 2.75) is 23.6 Å². The van der Waals surface area contributed by atoms with E-state index >= 15 is 0 Å². The Bertz CT molecular complexity index is 1520. The first kappa shape index (κ1) is 26.9. The number of halogens is 1. The van der Waals surface area contributed by atoms with E-state index in [1.165, 1.54) is 46.8 Å². The summed E-state index contributed by atoms with van der Waals surface area (Å²) in [6.45, 7) is 4.46. The third-order valence-corrected chi connectivity index (χ3v) is 8.99. The van der Waals surface area contributed by atoms with Gasteiger partial charge in [-0.15, -0.1) is 0 Å². The molecule has 11 nitrogen and oxygen atoms in total. The van der Waals surface area contributed by atoms with Crippen LogP contribution in [0.2, 0.25) is 5.02 Å². The maximum Gasteiger partial charge on any atom is 0.264 e. The van der Waals surface area contributed by atoms with Crippen LogP contribution in [0.1, 0.15) is 21.7 Å². The first-order valence-electron chi connectivity index (χ1n) is 11.1. The second-order valence-electron chi connectivity index (χ2n) is 8.22. The molecule has 3 aromatic rings. The maximum atomic E-state index is 13.0. The Morgan fingerprint density at radius 1 is 0.919 bits per heavy atom. The van der Waals surface area contributed by atoms with Crippen molar-refractivity contribution in [1.82, 2.24) is 14.3 Å². The van der Waals surface area contributed by atoms with E-state index in [-0.39, 0.29) is 45.1 Å². The smallest absolute Gasteiger partial charge is 0.264 e. The molecule has 0 saturated carbocycles. The second-order valence-corrected chi connectivity index (χ2v) is 12.2. The predicted octanol–water partition coefficient (Wildman–Crippen LogP) is 2.82. The van der Waals surface area contributed by atoms with Crippen LogP contribution in [0.3, 0.4) is 0 Å². The summed E-state index contributed by atoms with van der Waals surface area (Å²) in [4.78, 5) is 20.9. The van der Waals surface area contributed by atoms with Crippen molar-refractivity contribution in [2.24, 2.45) is 0 Å². The molecular weight excluding hydrogens is 542 g/mol. The lowest BCUT2D eigenvalue weighted by Crippen LogP contribution is -2.40. The molecule has 14 heteroatoms. The van der Waals surface area contributed by atoms with E-state index in [2.05, 4.69) is 20.0 Å². The Kier molecular flexibility index (Phi) is 7.80. The van der Waals surface area contributed by atoms with Gasteiger partial charge >= 0.3 is 0 Å². The van der Waals surface area contributed by atoms with Crippen molar-refractivity contribution < 1.29 is 26.4 Å². The number of aromatic nitrogens is 2. The van der Waals surface area contributed by atoms with Crippen LogP contribution >= 0.6 is 11.6 Å². The number of hydrogen-bond acceptors (Lipinski definition) is 8. The summed E-state index contributed by atoms with van der Waals surface area (Å²) in [6, 6.07) is 11.0. The number of nitrogens with one attached hydrogen (secondary N) is 2. The van der Waals surface area contributed by atoms with E-state index in [0.717, 1.165) is 0 Å². The van der Waals surface area contributed by atoms with Crippen molar-refractivity contribution in [3.63, 3.8) is 0 Å². The van der Waals surface area contributed by atoms with Crippen molar-refractivity contribution in [3.8, 4) is 0 Å². The van der Waals surface area contributed by atoms with E-state index < -0.39 is 26.0 Å². The molecule has 2 heterocycles. The van der Waals surface area contributed by atoms with Crippen molar-refractivity contribution in [1.29, 1.82) is 0 Å². The summed E-state index contributed by atoms with van der Waals surface area (Å²) in [6.07, 6.45) is 0. The van der Waals surface area contributed by atoms with Gasteiger partial charge < -0.3 is 10.1 Å². The lowest BCUT2D eigenvalue weighted by atomic mass is 10.2. The summed E-state index contributed by atoms with van der Waals surface area (Å²) >= 11 is 6.19.